The van der Waals surface area contributed by atoms with Crippen LogP contribution in [0.2, 0.25) is 0 Å². The summed E-state index contributed by atoms with van der Waals surface area (Å²) < 4.78 is 0. The molecule has 0 saturated heterocycles. The van der Waals surface area contributed by atoms with Crippen LogP contribution in [0, 0.1) is 0 Å². The fraction of sp³-hybridized carbons (Fsp3) is 0.0100. The zero-order chi connectivity index (χ0) is 68.2. The lowest BCUT2D eigenvalue weighted by molar-refractivity contribution is 0.794. The number of fused-ring (bicyclic) bond motifs is 10. The van der Waals surface area contributed by atoms with Crippen LogP contribution in [0.25, 0.3) is 168 Å². The van der Waals surface area contributed by atoms with E-state index in [0.717, 1.165) is 83.5 Å². The summed E-state index contributed by atoms with van der Waals surface area (Å²) in [5.74, 6) is 1.79. The molecule has 17 aromatic rings. The van der Waals surface area contributed by atoms with E-state index < -0.39 is 5.41 Å². The van der Waals surface area contributed by atoms with Gasteiger partial charge >= 0.3 is 0 Å². The van der Waals surface area contributed by atoms with Crippen LogP contribution in [0.1, 0.15) is 22.3 Å². The molecule has 0 radical (unpaired) electrons. The molecule has 16 aromatic carbocycles. The number of hydrogen-bond acceptors (Lipinski definition) is 3. The van der Waals surface area contributed by atoms with Gasteiger partial charge in [0.25, 0.3) is 0 Å². The Balaban J connectivity index is 0.626. The molecule has 3 nitrogen and oxygen atoms in total. The average molecular weight is 1310 g/mol. The van der Waals surface area contributed by atoms with Gasteiger partial charge in [0.1, 0.15) is 0 Å². The summed E-state index contributed by atoms with van der Waals surface area (Å²) in [6, 6.07) is 143. The van der Waals surface area contributed by atoms with Crippen molar-refractivity contribution in [3.8, 4) is 168 Å². The molecule has 0 saturated carbocycles. The highest BCUT2D eigenvalue weighted by Crippen LogP contribution is 2.63. The third kappa shape index (κ3) is 11.1. The molecule has 0 bridgehead atoms. The van der Waals surface area contributed by atoms with Crippen LogP contribution in [0.3, 0.4) is 0 Å². The molecule has 0 unspecified atom stereocenters. The number of aromatic nitrogens is 3. The minimum atomic E-state index is -0.396. The average Bonchev–Trinajstić information content (AvgIpc) is 1.51. The summed E-state index contributed by atoms with van der Waals surface area (Å²) in [7, 11) is 0. The maximum Gasteiger partial charge on any atom is 0.164 e. The minimum absolute atomic E-state index is 0.396. The lowest BCUT2D eigenvalue weighted by Crippen LogP contribution is -2.25. The van der Waals surface area contributed by atoms with E-state index in [0.29, 0.717) is 17.5 Å². The summed E-state index contributed by atoms with van der Waals surface area (Å²) in [6.45, 7) is 0. The van der Waals surface area contributed by atoms with Crippen molar-refractivity contribution in [3.05, 3.63) is 417 Å². The molecule has 1 aromatic heterocycles. The summed E-state index contributed by atoms with van der Waals surface area (Å²) >= 11 is 0. The van der Waals surface area contributed by atoms with E-state index in [2.05, 4.69) is 394 Å². The molecular formula is C100H65N3. The maximum atomic E-state index is 5.33. The Hall–Kier alpha value is -13.5. The summed E-state index contributed by atoms with van der Waals surface area (Å²) in [6.07, 6.45) is 0. The third-order valence-corrected chi connectivity index (χ3v) is 20.9. The molecule has 0 aliphatic heterocycles. The largest absolute Gasteiger partial charge is 0.208 e. The third-order valence-electron chi connectivity index (χ3n) is 20.9. The van der Waals surface area contributed by atoms with Gasteiger partial charge in [-0.1, -0.05) is 334 Å². The SMILES string of the molecule is c1ccc(-c2cccc(-c3cccc(-c4ccc(-c5nc(-c6cccc(-c7cccc(-c8ccccc8)c7)c6)nc(-c6cccc(-c7cccc(-c8cccc(-c9cccc(-c%10cccc(-c%11ccc%12c(c%11)C%11(c%13ccccc%13-c%13ccccc%13%11)c%11ccccc%11-%12)c%10)c9)c8)c7)c6)n5)cc4)c3)c2)cc1. The van der Waals surface area contributed by atoms with Gasteiger partial charge < -0.3 is 0 Å². The quantitative estimate of drug-likeness (QED) is 0.115. The smallest absolute Gasteiger partial charge is 0.164 e. The Morgan fingerprint density at radius 3 is 0.631 bits per heavy atom. The van der Waals surface area contributed by atoms with Gasteiger partial charge in [-0.25, -0.2) is 15.0 Å². The zero-order valence-electron chi connectivity index (χ0n) is 56.4. The highest BCUT2D eigenvalue weighted by molar-refractivity contribution is 5.96. The second kappa shape index (κ2) is 25.7. The van der Waals surface area contributed by atoms with Crippen molar-refractivity contribution in [2.75, 3.05) is 0 Å². The molecule has 0 N–H and O–H groups in total. The molecule has 480 valence electrons. The van der Waals surface area contributed by atoms with E-state index in [1.54, 1.807) is 0 Å². The van der Waals surface area contributed by atoms with Crippen molar-refractivity contribution in [1.82, 2.24) is 15.0 Å². The predicted molar refractivity (Wildman–Crippen MR) is 427 cm³/mol. The first-order valence-electron chi connectivity index (χ1n) is 35.3. The topological polar surface area (TPSA) is 38.7 Å². The van der Waals surface area contributed by atoms with E-state index in [1.165, 1.54) is 89.0 Å². The lowest BCUT2D eigenvalue weighted by atomic mass is 9.70. The van der Waals surface area contributed by atoms with Gasteiger partial charge in [-0.05, 0) is 216 Å². The summed E-state index contributed by atoms with van der Waals surface area (Å²) in [5.41, 5.74) is 35.9. The Morgan fingerprint density at radius 1 is 0.126 bits per heavy atom. The van der Waals surface area contributed by atoms with Crippen molar-refractivity contribution < 1.29 is 0 Å². The highest BCUT2D eigenvalue weighted by Gasteiger charge is 2.51. The zero-order valence-corrected chi connectivity index (χ0v) is 56.4. The molecule has 3 heteroatoms. The summed E-state index contributed by atoms with van der Waals surface area (Å²) in [5, 5.41) is 0. The molecule has 0 amide bonds. The van der Waals surface area contributed by atoms with Crippen LogP contribution in [-0.2, 0) is 5.41 Å². The number of benzene rings is 16. The van der Waals surface area contributed by atoms with Gasteiger partial charge in [0.2, 0.25) is 0 Å². The maximum absolute atomic E-state index is 5.33. The Bertz CT molecular complexity index is 6060. The van der Waals surface area contributed by atoms with Gasteiger partial charge in [0.05, 0.1) is 5.41 Å². The van der Waals surface area contributed by atoms with Crippen LogP contribution in [-0.4, -0.2) is 15.0 Å². The van der Waals surface area contributed by atoms with E-state index in [9.17, 15) is 0 Å². The summed E-state index contributed by atoms with van der Waals surface area (Å²) in [4.78, 5) is 15.9. The molecular weight excluding hydrogens is 1240 g/mol. The molecule has 0 fully saturated rings. The van der Waals surface area contributed by atoms with E-state index in [4.69, 9.17) is 15.0 Å². The number of rotatable bonds is 13. The second-order valence-electron chi connectivity index (χ2n) is 27.0. The van der Waals surface area contributed by atoms with Gasteiger partial charge in [0, 0.05) is 16.7 Å². The van der Waals surface area contributed by atoms with E-state index in [1.807, 2.05) is 0 Å². The van der Waals surface area contributed by atoms with Gasteiger partial charge in [-0.2, -0.15) is 0 Å². The van der Waals surface area contributed by atoms with Crippen molar-refractivity contribution >= 4 is 0 Å². The molecule has 2 aliphatic rings. The fourth-order valence-electron chi connectivity index (χ4n) is 15.9. The highest BCUT2D eigenvalue weighted by atomic mass is 15.0. The first kappa shape index (κ1) is 60.7. The number of hydrogen-bond donors (Lipinski definition) is 0. The fourth-order valence-corrected chi connectivity index (χ4v) is 15.9. The van der Waals surface area contributed by atoms with Crippen LogP contribution >= 0.6 is 0 Å². The molecule has 1 heterocycles. The van der Waals surface area contributed by atoms with E-state index in [-0.39, 0.29) is 0 Å². The predicted octanol–water partition coefficient (Wildman–Crippen LogP) is 25.9. The first-order chi connectivity index (χ1) is 51.0. The van der Waals surface area contributed by atoms with Crippen LogP contribution in [0.5, 0.6) is 0 Å². The molecule has 1 spiro atoms. The Labute approximate surface area is 600 Å². The van der Waals surface area contributed by atoms with Crippen LogP contribution in [0.15, 0.2) is 394 Å². The minimum Gasteiger partial charge on any atom is -0.208 e. The normalized spacial score (nSPS) is 12.2. The monoisotopic (exact) mass is 1310 g/mol. The van der Waals surface area contributed by atoms with Crippen molar-refractivity contribution in [2.45, 2.75) is 5.41 Å². The van der Waals surface area contributed by atoms with Gasteiger partial charge in [-0.15, -0.1) is 0 Å². The standard InChI is InChI=1S/C100H65N3/c1-3-22-66(23-4-1)70-26-13-29-73(56-70)74-30-15-28-72(58-74)68-50-52-69(53-51-68)97-101-98(87-42-20-40-84(63-87)75-31-14-27-71(57-75)67-24-5-2-6-25-67)103-99(102-97)88-43-21-41-85(64-88)82-38-18-36-80(61-82)78-34-16-32-76(59-78)77-33-17-35-79(60-77)81-37-19-39-83(62-81)86-54-55-92-91-46-9-12-49-95(91)100(96(92)65-86)93-47-10-7-44-89(93)90-45-8-11-48-94(90)100/h1-65H. The molecule has 2 aliphatic carbocycles. The first-order valence-corrected chi connectivity index (χ1v) is 35.3. The molecule has 103 heavy (non-hydrogen) atoms. The van der Waals surface area contributed by atoms with Crippen molar-refractivity contribution in [1.29, 1.82) is 0 Å². The Kier molecular flexibility index (Phi) is 15.1. The molecule has 0 atom stereocenters. The van der Waals surface area contributed by atoms with Crippen LogP contribution in [0.4, 0.5) is 0 Å². The Morgan fingerprint density at radius 2 is 0.320 bits per heavy atom. The van der Waals surface area contributed by atoms with E-state index >= 15 is 0 Å². The lowest BCUT2D eigenvalue weighted by Gasteiger charge is -2.30. The van der Waals surface area contributed by atoms with Crippen molar-refractivity contribution in [2.24, 2.45) is 0 Å². The van der Waals surface area contributed by atoms with Crippen molar-refractivity contribution in [3.63, 3.8) is 0 Å². The molecule has 19 rings (SSSR count). The van der Waals surface area contributed by atoms with Gasteiger partial charge in [0.15, 0.2) is 17.5 Å². The number of nitrogens with zero attached hydrogens (tertiary/aromatic N) is 3. The van der Waals surface area contributed by atoms with Crippen LogP contribution < -0.4 is 0 Å². The second-order valence-corrected chi connectivity index (χ2v) is 27.0. The van der Waals surface area contributed by atoms with Gasteiger partial charge in [-0.3, -0.25) is 0 Å².